The van der Waals surface area contributed by atoms with E-state index in [-0.39, 0.29) is 17.4 Å². The van der Waals surface area contributed by atoms with Gasteiger partial charge in [0.25, 0.3) is 0 Å². The number of aliphatic hydroxyl groups is 1. The highest BCUT2D eigenvalue weighted by Crippen LogP contribution is 2.50. The summed E-state index contributed by atoms with van der Waals surface area (Å²) in [5.74, 6) is 0.210. The summed E-state index contributed by atoms with van der Waals surface area (Å²) in [5.41, 5.74) is -0.203. The molecule has 62 valence electrons. The van der Waals surface area contributed by atoms with Gasteiger partial charge in [-0.25, -0.2) is 0 Å². The highest BCUT2D eigenvalue weighted by Gasteiger charge is 2.70. The Morgan fingerprint density at radius 1 is 1.82 bits per heavy atom. The van der Waals surface area contributed by atoms with Gasteiger partial charge in [-0.05, 0) is 13.5 Å². The molecule has 0 radical (unpaired) electrons. The SMILES string of the molecule is CCN1[C@@H]2C(=O)C[C@H](O)[C@@]21C. The maximum Gasteiger partial charge on any atom is 0.154 e. The summed E-state index contributed by atoms with van der Waals surface area (Å²) < 4.78 is 0. The fourth-order valence-electron chi connectivity index (χ4n) is 2.38. The Morgan fingerprint density at radius 3 is 2.73 bits per heavy atom. The Hall–Kier alpha value is -0.410. The highest BCUT2D eigenvalue weighted by atomic mass is 16.3. The molecule has 1 heterocycles. The molecule has 0 spiro atoms. The average molecular weight is 155 g/mol. The van der Waals surface area contributed by atoms with Crippen LogP contribution in [0.4, 0.5) is 0 Å². The van der Waals surface area contributed by atoms with Gasteiger partial charge < -0.3 is 5.11 Å². The van der Waals surface area contributed by atoms with Crippen molar-refractivity contribution in [3.05, 3.63) is 0 Å². The van der Waals surface area contributed by atoms with Crippen LogP contribution in [0.25, 0.3) is 0 Å². The predicted molar refractivity (Wildman–Crippen MR) is 40.2 cm³/mol. The van der Waals surface area contributed by atoms with Gasteiger partial charge in [0.05, 0.1) is 17.7 Å². The lowest BCUT2D eigenvalue weighted by Crippen LogP contribution is -2.29. The molecule has 0 aromatic heterocycles. The summed E-state index contributed by atoms with van der Waals surface area (Å²) in [7, 11) is 0. The van der Waals surface area contributed by atoms with E-state index in [9.17, 15) is 9.90 Å². The summed E-state index contributed by atoms with van der Waals surface area (Å²) in [4.78, 5) is 13.3. The molecule has 0 aromatic carbocycles. The van der Waals surface area contributed by atoms with Crippen molar-refractivity contribution in [2.24, 2.45) is 0 Å². The first-order valence-electron chi connectivity index (χ1n) is 4.10. The standard InChI is InChI=1S/C8H13NO2/c1-3-9-7-5(10)4-6(11)8(7,9)2/h6-7,11H,3-4H2,1-2H3/t6-,7+,8-,9?/m0/s1. The van der Waals surface area contributed by atoms with Crippen molar-refractivity contribution >= 4 is 5.78 Å². The van der Waals surface area contributed by atoms with Crippen molar-refractivity contribution in [2.75, 3.05) is 6.54 Å². The smallest absolute Gasteiger partial charge is 0.154 e. The number of piperidine rings is 1. The number of carbonyl (C=O) groups excluding carboxylic acids is 1. The lowest BCUT2D eigenvalue weighted by atomic mass is 10.1. The van der Waals surface area contributed by atoms with Crippen LogP contribution in [0, 0.1) is 0 Å². The van der Waals surface area contributed by atoms with Crippen molar-refractivity contribution in [1.29, 1.82) is 0 Å². The van der Waals surface area contributed by atoms with E-state index in [2.05, 4.69) is 4.90 Å². The summed E-state index contributed by atoms with van der Waals surface area (Å²) in [5, 5.41) is 9.51. The second kappa shape index (κ2) is 1.84. The quantitative estimate of drug-likeness (QED) is 0.532. The third kappa shape index (κ3) is 0.631. The number of likely N-dealkylation sites (tertiary alicyclic amines) is 1. The molecular weight excluding hydrogens is 142 g/mol. The monoisotopic (exact) mass is 155 g/mol. The van der Waals surface area contributed by atoms with Gasteiger partial charge in [-0.1, -0.05) is 6.92 Å². The number of rotatable bonds is 1. The summed E-state index contributed by atoms with van der Waals surface area (Å²) >= 11 is 0. The number of nitrogens with zero attached hydrogens (tertiary/aromatic N) is 1. The van der Waals surface area contributed by atoms with Gasteiger partial charge in [-0.2, -0.15) is 0 Å². The first-order valence-corrected chi connectivity index (χ1v) is 4.10. The molecule has 11 heavy (non-hydrogen) atoms. The highest BCUT2D eigenvalue weighted by molar-refractivity contribution is 5.93. The topological polar surface area (TPSA) is 40.3 Å². The third-order valence-electron chi connectivity index (χ3n) is 3.13. The molecule has 3 nitrogen and oxygen atoms in total. The predicted octanol–water partition coefficient (Wildman–Crippen LogP) is -0.217. The van der Waals surface area contributed by atoms with Crippen LogP contribution in [0.2, 0.25) is 0 Å². The minimum absolute atomic E-state index is 0.0301. The van der Waals surface area contributed by atoms with Gasteiger partial charge in [-0.3, -0.25) is 9.69 Å². The van der Waals surface area contributed by atoms with Gasteiger partial charge in [0.15, 0.2) is 5.78 Å². The van der Waals surface area contributed by atoms with E-state index in [0.717, 1.165) is 6.54 Å². The van der Waals surface area contributed by atoms with Gasteiger partial charge in [0, 0.05) is 6.42 Å². The minimum atomic E-state index is -0.431. The van der Waals surface area contributed by atoms with E-state index in [0.29, 0.717) is 6.42 Å². The molecule has 1 N–H and O–H groups in total. The van der Waals surface area contributed by atoms with Crippen LogP contribution >= 0.6 is 0 Å². The average Bonchev–Trinajstić information content (AvgIpc) is 2.49. The number of fused-ring (bicyclic) bond motifs is 1. The van der Waals surface area contributed by atoms with Crippen LogP contribution in [0.1, 0.15) is 20.3 Å². The number of carbonyl (C=O) groups is 1. The molecule has 1 saturated carbocycles. The van der Waals surface area contributed by atoms with Gasteiger partial charge in [-0.15, -0.1) is 0 Å². The number of ketones is 1. The molecular formula is C8H13NO2. The fourth-order valence-corrected chi connectivity index (χ4v) is 2.38. The molecule has 0 amide bonds. The van der Waals surface area contributed by atoms with E-state index in [1.54, 1.807) is 0 Å². The van der Waals surface area contributed by atoms with Crippen LogP contribution in [0.5, 0.6) is 0 Å². The molecule has 3 heteroatoms. The second-order valence-electron chi connectivity index (χ2n) is 3.60. The largest absolute Gasteiger partial charge is 0.391 e. The van der Waals surface area contributed by atoms with Crippen LogP contribution in [-0.2, 0) is 4.79 Å². The Morgan fingerprint density at radius 2 is 2.45 bits per heavy atom. The van der Waals surface area contributed by atoms with E-state index in [4.69, 9.17) is 0 Å². The number of likely N-dealkylation sites (N-methyl/N-ethyl adjacent to an activating group) is 1. The van der Waals surface area contributed by atoms with Crippen LogP contribution < -0.4 is 0 Å². The third-order valence-corrected chi connectivity index (χ3v) is 3.13. The van der Waals surface area contributed by atoms with Crippen molar-refractivity contribution in [3.8, 4) is 0 Å². The van der Waals surface area contributed by atoms with Crippen LogP contribution in [-0.4, -0.2) is 40.0 Å². The fraction of sp³-hybridized carbons (Fsp3) is 0.875. The zero-order valence-corrected chi connectivity index (χ0v) is 6.87. The minimum Gasteiger partial charge on any atom is -0.391 e. The lowest BCUT2D eigenvalue weighted by molar-refractivity contribution is -0.119. The van der Waals surface area contributed by atoms with E-state index < -0.39 is 6.10 Å². The Balaban J connectivity index is 2.24. The zero-order chi connectivity index (χ0) is 8.22. The molecule has 1 unspecified atom stereocenters. The zero-order valence-electron chi connectivity index (χ0n) is 6.87. The number of hydrogen-bond acceptors (Lipinski definition) is 3. The van der Waals surface area contributed by atoms with Gasteiger partial charge in [0.1, 0.15) is 0 Å². The van der Waals surface area contributed by atoms with E-state index in [1.807, 2.05) is 13.8 Å². The molecule has 2 fully saturated rings. The number of Topliss-reactive ketones (excluding diaryl/α,β-unsaturated/α-hetero) is 1. The summed E-state index contributed by atoms with van der Waals surface area (Å²) in [6.07, 6.45) is -0.0718. The van der Waals surface area contributed by atoms with Crippen LogP contribution in [0.3, 0.4) is 0 Å². The Labute approximate surface area is 66.0 Å². The van der Waals surface area contributed by atoms with E-state index in [1.165, 1.54) is 0 Å². The van der Waals surface area contributed by atoms with E-state index >= 15 is 0 Å². The normalized spacial score (nSPS) is 54.5. The molecule has 0 aromatic rings. The van der Waals surface area contributed by atoms with Crippen molar-refractivity contribution in [1.82, 2.24) is 4.90 Å². The van der Waals surface area contributed by atoms with Crippen molar-refractivity contribution in [2.45, 2.75) is 38.0 Å². The maximum atomic E-state index is 11.2. The molecule has 4 atom stereocenters. The lowest BCUT2D eigenvalue weighted by Gasteiger charge is -2.14. The second-order valence-corrected chi connectivity index (χ2v) is 3.60. The molecule has 2 aliphatic rings. The molecule has 1 aliphatic carbocycles. The van der Waals surface area contributed by atoms with Crippen LogP contribution in [0.15, 0.2) is 0 Å². The summed E-state index contributed by atoms with van der Waals surface area (Å²) in [6.45, 7) is 4.85. The number of aliphatic hydroxyl groups excluding tert-OH is 1. The molecule has 1 aliphatic heterocycles. The Bertz CT molecular complexity index is 216. The summed E-state index contributed by atoms with van der Waals surface area (Å²) in [6, 6.07) is 0.0301. The first kappa shape index (κ1) is 7.25. The number of hydrogen-bond donors (Lipinski definition) is 1. The van der Waals surface area contributed by atoms with Gasteiger partial charge in [0.2, 0.25) is 0 Å². The Kier molecular flexibility index (Phi) is 1.22. The maximum absolute atomic E-state index is 11.2. The molecule has 0 bridgehead atoms. The molecule has 1 saturated heterocycles. The molecule has 2 rings (SSSR count). The van der Waals surface area contributed by atoms with Crippen molar-refractivity contribution < 1.29 is 9.90 Å². The first-order chi connectivity index (χ1) is 5.12. The van der Waals surface area contributed by atoms with Crippen molar-refractivity contribution in [3.63, 3.8) is 0 Å². The van der Waals surface area contributed by atoms with Gasteiger partial charge >= 0.3 is 0 Å².